The Hall–Kier alpha value is -2.32. The van der Waals surface area contributed by atoms with E-state index in [0.717, 1.165) is 5.56 Å². The molecular weight excluding hydrogens is 258 g/mol. The summed E-state index contributed by atoms with van der Waals surface area (Å²) < 4.78 is 9.55. The van der Waals surface area contributed by atoms with Crippen LogP contribution < -0.4 is 5.32 Å². The smallest absolute Gasteiger partial charge is 0.337 e. The van der Waals surface area contributed by atoms with E-state index >= 15 is 0 Å². The Morgan fingerprint density at radius 1 is 1.35 bits per heavy atom. The van der Waals surface area contributed by atoms with Crippen molar-refractivity contribution in [3.8, 4) is 12.3 Å². The average molecular weight is 275 g/mol. The van der Waals surface area contributed by atoms with Gasteiger partial charge in [-0.05, 0) is 24.6 Å². The molecular formula is C15H17NO4. The normalized spacial score (nSPS) is 11.2. The van der Waals surface area contributed by atoms with Crippen molar-refractivity contribution in [3.05, 3.63) is 35.4 Å². The van der Waals surface area contributed by atoms with Gasteiger partial charge in [0.25, 0.3) is 0 Å². The molecule has 1 rings (SSSR count). The molecule has 106 valence electrons. The van der Waals surface area contributed by atoms with Crippen LogP contribution in [0.2, 0.25) is 0 Å². The number of esters is 1. The summed E-state index contributed by atoms with van der Waals surface area (Å²) >= 11 is 0. The van der Waals surface area contributed by atoms with E-state index in [1.807, 2.05) is 6.92 Å². The van der Waals surface area contributed by atoms with E-state index < -0.39 is 5.97 Å². The second-order valence-corrected chi connectivity index (χ2v) is 4.10. The second-order valence-electron chi connectivity index (χ2n) is 4.10. The van der Waals surface area contributed by atoms with Gasteiger partial charge >= 0.3 is 5.97 Å². The molecule has 0 heterocycles. The van der Waals surface area contributed by atoms with Crippen LogP contribution in [0.5, 0.6) is 0 Å². The molecule has 0 spiro atoms. The predicted molar refractivity (Wildman–Crippen MR) is 74.0 cm³/mol. The molecule has 1 aromatic carbocycles. The fourth-order valence-electron chi connectivity index (χ4n) is 1.59. The summed E-state index contributed by atoms with van der Waals surface area (Å²) in [5, 5.41) is 2.77. The zero-order valence-electron chi connectivity index (χ0n) is 11.5. The monoisotopic (exact) mass is 275 g/mol. The van der Waals surface area contributed by atoms with Crippen molar-refractivity contribution in [2.24, 2.45) is 0 Å². The van der Waals surface area contributed by atoms with E-state index in [1.165, 1.54) is 7.11 Å². The van der Waals surface area contributed by atoms with Crippen molar-refractivity contribution >= 4 is 11.9 Å². The molecule has 1 atom stereocenters. The van der Waals surface area contributed by atoms with Gasteiger partial charge in [-0.1, -0.05) is 18.1 Å². The van der Waals surface area contributed by atoms with Crippen LogP contribution in [0.25, 0.3) is 0 Å². The largest absolute Gasteiger partial charge is 0.465 e. The fraction of sp³-hybridized carbons (Fsp3) is 0.333. The van der Waals surface area contributed by atoms with Crippen molar-refractivity contribution in [3.63, 3.8) is 0 Å². The lowest BCUT2D eigenvalue weighted by Crippen LogP contribution is -2.30. The Morgan fingerprint density at radius 3 is 2.55 bits per heavy atom. The van der Waals surface area contributed by atoms with E-state index in [-0.39, 0.29) is 25.2 Å². The highest BCUT2D eigenvalue weighted by molar-refractivity contribution is 5.89. The third-order valence-electron chi connectivity index (χ3n) is 2.63. The first-order chi connectivity index (χ1) is 9.58. The van der Waals surface area contributed by atoms with E-state index in [9.17, 15) is 9.59 Å². The summed E-state index contributed by atoms with van der Waals surface area (Å²) in [4.78, 5) is 22.8. The van der Waals surface area contributed by atoms with Gasteiger partial charge in [-0.15, -0.1) is 6.42 Å². The Labute approximate surface area is 118 Å². The highest BCUT2D eigenvalue weighted by atomic mass is 16.5. The van der Waals surface area contributed by atoms with E-state index in [2.05, 4.69) is 16.0 Å². The molecule has 0 unspecified atom stereocenters. The van der Waals surface area contributed by atoms with E-state index in [0.29, 0.717) is 5.56 Å². The molecule has 0 aliphatic heterocycles. The topological polar surface area (TPSA) is 64.6 Å². The first kappa shape index (κ1) is 15.7. The number of nitrogens with one attached hydrogen (secondary N) is 1. The van der Waals surface area contributed by atoms with Gasteiger partial charge in [0.2, 0.25) is 5.91 Å². The second kappa shape index (κ2) is 7.97. The van der Waals surface area contributed by atoms with Crippen LogP contribution in [0.3, 0.4) is 0 Å². The lowest BCUT2D eigenvalue weighted by Gasteiger charge is -2.14. The lowest BCUT2D eigenvalue weighted by molar-refractivity contribution is -0.125. The van der Waals surface area contributed by atoms with Gasteiger partial charge in [-0.3, -0.25) is 4.79 Å². The Bertz CT molecular complexity index is 502. The average Bonchev–Trinajstić information content (AvgIpc) is 2.46. The minimum absolute atomic E-state index is 0.0746. The molecule has 0 saturated carbocycles. The Kier molecular flexibility index (Phi) is 6.27. The van der Waals surface area contributed by atoms with Crippen LogP contribution in [0, 0.1) is 12.3 Å². The summed E-state index contributed by atoms with van der Waals surface area (Å²) in [6.45, 7) is 1.87. The molecule has 0 saturated heterocycles. The van der Waals surface area contributed by atoms with Gasteiger partial charge in [0.05, 0.1) is 18.7 Å². The Balaban J connectivity index is 2.55. The number of hydrogen-bond acceptors (Lipinski definition) is 4. The van der Waals surface area contributed by atoms with Gasteiger partial charge in [0, 0.05) is 0 Å². The lowest BCUT2D eigenvalue weighted by atomic mass is 10.1. The van der Waals surface area contributed by atoms with Crippen molar-refractivity contribution in [1.82, 2.24) is 5.32 Å². The van der Waals surface area contributed by atoms with Crippen molar-refractivity contribution in [2.45, 2.75) is 13.0 Å². The van der Waals surface area contributed by atoms with Crippen LogP contribution >= 0.6 is 0 Å². The summed E-state index contributed by atoms with van der Waals surface area (Å²) in [5.74, 6) is 1.65. The Morgan fingerprint density at radius 2 is 2.00 bits per heavy atom. The summed E-state index contributed by atoms with van der Waals surface area (Å²) in [7, 11) is 1.33. The maximum absolute atomic E-state index is 11.5. The molecule has 0 aliphatic carbocycles. The summed E-state index contributed by atoms with van der Waals surface area (Å²) in [6.07, 6.45) is 5.01. The molecule has 0 radical (unpaired) electrons. The number of terminal acetylenes is 1. The van der Waals surface area contributed by atoms with Crippen LogP contribution in [0.15, 0.2) is 24.3 Å². The van der Waals surface area contributed by atoms with Gasteiger partial charge in [-0.2, -0.15) is 0 Å². The molecule has 1 aromatic rings. The van der Waals surface area contributed by atoms with Gasteiger partial charge in [0.1, 0.15) is 13.2 Å². The molecule has 0 aliphatic rings. The predicted octanol–water partition coefficient (Wildman–Crippen LogP) is 1.30. The van der Waals surface area contributed by atoms with Crippen LogP contribution in [-0.2, 0) is 14.3 Å². The maximum atomic E-state index is 11.5. The zero-order chi connectivity index (χ0) is 15.0. The third kappa shape index (κ3) is 4.75. The van der Waals surface area contributed by atoms with Crippen molar-refractivity contribution in [1.29, 1.82) is 0 Å². The zero-order valence-corrected chi connectivity index (χ0v) is 11.5. The number of ether oxygens (including phenoxy) is 2. The standard InChI is InChI=1S/C15H17NO4/c1-4-9-20-10-14(17)16-11(2)12-5-7-13(8-6-12)15(18)19-3/h1,5-8,11H,9-10H2,2-3H3,(H,16,17)/t11-/m0/s1. The number of rotatable bonds is 6. The van der Waals surface area contributed by atoms with Gasteiger partial charge in [0.15, 0.2) is 0 Å². The van der Waals surface area contributed by atoms with Crippen LogP contribution in [0.4, 0.5) is 0 Å². The molecule has 0 bridgehead atoms. The highest BCUT2D eigenvalue weighted by Gasteiger charge is 2.11. The van der Waals surface area contributed by atoms with E-state index in [1.54, 1.807) is 24.3 Å². The summed E-state index contributed by atoms with van der Waals surface area (Å²) in [5.41, 5.74) is 1.34. The number of amides is 1. The molecule has 20 heavy (non-hydrogen) atoms. The third-order valence-corrected chi connectivity index (χ3v) is 2.63. The van der Waals surface area contributed by atoms with Gasteiger partial charge in [-0.25, -0.2) is 4.79 Å². The maximum Gasteiger partial charge on any atom is 0.337 e. The number of carbonyl (C=O) groups excluding carboxylic acids is 2. The van der Waals surface area contributed by atoms with Crippen molar-refractivity contribution in [2.75, 3.05) is 20.3 Å². The van der Waals surface area contributed by atoms with Crippen molar-refractivity contribution < 1.29 is 19.1 Å². The fourth-order valence-corrected chi connectivity index (χ4v) is 1.59. The van der Waals surface area contributed by atoms with Gasteiger partial charge < -0.3 is 14.8 Å². The first-order valence-corrected chi connectivity index (χ1v) is 6.07. The minimum atomic E-state index is -0.393. The van der Waals surface area contributed by atoms with Crippen LogP contribution in [-0.4, -0.2) is 32.2 Å². The molecule has 5 heteroatoms. The molecule has 1 N–H and O–H groups in total. The molecule has 1 amide bonds. The van der Waals surface area contributed by atoms with E-state index in [4.69, 9.17) is 11.2 Å². The van der Waals surface area contributed by atoms with Crippen LogP contribution in [0.1, 0.15) is 28.9 Å². The number of benzene rings is 1. The molecule has 5 nitrogen and oxygen atoms in total. The number of carbonyl (C=O) groups is 2. The number of methoxy groups -OCH3 is 1. The number of hydrogen-bond donors (Lipinski definition) is 1. The minimum Gasteiger partial charge on any atom is -0.465 e. The first-order valence-electron chi connectivity index (χ1n) is 6.07. The summed E-state index contributed by atoms with van der Waals surface area (Å²) in [6, 6.07) is 6.64. The molecule has 0 aromatic heterocycles. The molecule has 0 fully saturated rings. The SMILES string of the molecule is C#CCOCC(=O)N[C@@H](C)c1ccc(C(=O)OC)cc1. The quantitative estimate of drug-likeness (QED) is 0.483. The highest BCUT2D eigenvalue weighted by Crippen LogP contribution is 2.13.